The van der Waals surface area contributed by atoms with Crippen molar-refractivity contribution in [3.8, 4) is 5.69 Å². The van der Waals surface area contributed by atoms with Gasteiger partial charge in [-0.3, -0.25) is 4.57 Å². The second-order valence-corrected chi connectivity index (χ2v) is 6.01. The third-order valence-corrected chi connectivity index (χ3v) is 4.55. The highest BCUT2D eigenvalue weighted by molar-refractivity contribution is 7.71. The molecule has 0 amide bonds. The highest BCUT2D eigenvalue weighted by Crippen LogP contribution is 2.19. The number of hydrogen-bond donors (Lipinski definition) is 1. The maximum absolute atomic E-state index is 6.19. The first-order valence-electron chi connectivity index (χ1n) is 6.97. The number of aryl methyl sites for hydroxylation is 1. The van der Waals surface area contributed by atoms with Gasteiger partial charge >= 0.3 is 0 Å². The van der Waals surface area contributed by atoms with Crippen LogP contribution in [0.1, 0.15) is 5.56 Å². The molecule has 0 spiro atoms. The standard InChI is InChI=1S/C14H17ClN4OS/c1-11-2-3-12(8-13(11)15)18-9-16-19(14(18)21)10-17-4-6-20-7-5-17/h2-3,8-9H,4-7,10H2,1H3/p+1. The molecule has 2 heterocycles. The first-order valence-corrected chi connectivity index (χ1v) is 7.76. The molecule has 1 saturated heterocycles. The summed E-state index contributed by atoms with van der Waals surface area (Å²) in [5, 5.41) is 5.15. The van der Waals surface area contributed by atoms with Gasteiger partial charge in [0.1, 0.15) is 19.4 Å². The number of halogens is 1. The molecule has 3 rings (SSSR count). The lowest BCUT2D eigenvalue weighted by atomic mass is 10.2. The van der Waals surface area contributed by atoms with Crippen molar-refractivity contribution in [1.82, 2.24) is 14.3 Å². The molecule has 7 heteroatoms. The summed E-state index contributed by atoms with van der Waals surface area (Å²) in [5.74, 6) is 0. The molecule has 1 aromatic carbocycles. The molecule has 112 valence electrons. The Morgan fingerprint density at radius 2 is 2.14 bits per heavy atom. The molecule has 0 radical (unpaired) electrons. The summed E-state index contributed by atoms with van der Waals surface area (Å²) in [6.45, 7) is 6.34. The fraction of sp³-hybridized carbons (Fsp3) is 0.429. The molecule has 1 aromatic heterocycles. The Morgan fingerprint density at radius 1 is 1.38 bits per heavy atom. The van der Waals surface area contributed by atoms with Gasteiger partial charge in [0.25, 0.3) is 0 Å². The van der Waals surface area contributed by atoms with Crippen LogP contribution in [-0.2, 0) is 11.4 Å². The number of nitrogens with one attached hydrogen (secondary N) is 1. The number of morpholine rings is 1. The van der Waals surface area contributed by atoms with Gasteiger partial charge in [-0.2, -0.15) is 9.78 Å². The topological polar surface area (TPSA) is 36.4 Å². The van der Waals surface area contributed by atoms with Crippen molar-refractivity contribution in [2.75, 3.05) is 26.3 Å². The molecule has 21 heavy (non-hydrogen) atoms. The second kappa shape index (κ2) is 6.27. The summed E-state index contributed by atoms with van der Waals surface area (Å²) < 4.78 is 9.81. The molecule has 2 aromatic rings. The molecule has 0 bridgehead atoms. The van der Waals surface area contributed by atoms with E-state index >= 15 is 0 Å². The number of rotatable bonds is 3. The molecule has 1 aliphatic heterocycles. The first kappa shape index (κ1) is 14.7. The average molecular weight is 326 g/mol. The molecule has 1 fully saturated rings. The number of aromatic nitrogens is 3. The van der Waals surface area contributed by atoms with Crippen molar-refractivity contribution in [3.05, 3.63) is 39.9 Å². The summed E-state index contributed by atoms with van der Waals surface area (Å²) in [7, 11) is 0. The van der Waals surface area contributed by atoms with Crippen LogP contribution in [0.3, 0.4) is 0 Å². The molecule has 1 aliphatic rings. The number of ether oxygens (including phenoxy) is 1. The van der Waals surface area contributed by atoms with Gasteiger partial charge in [-0.05, 0) is 36.8 Å². The van der Waals surface area contributed by atoms with Crippen LogP contribution in [0.5, 0.6) is 0 Å². The molecule has 0 atom stereocenters. The predicted octanol–water partition coefficient (Wildman–Crippen LogP) is 1.24. The van der Waals surface area contributed by atoms with Gasteiger partial charge in [0.2, 0.25) is 4.77 Å². The lowest BCUT2D eigenvalue weighted by Crippen LogP contribution is -3.13. The van der Waals surface area contributed by atoms with E-state index in [1.165, 1.54) is 4.90 Å². The van der Waals surface area contributed by atoms with Crippen LogP contribution < -0.4 is 4.90 Å². The summed E-state index contributed by atoms with van der Waals surface area (Å²) >= 11 is 11.7. The van der Waals surface area contributed by atoms with Crippen LogP contribution in [0.25, 0.3) is 5.69 Å². The molecule has 0 saturated carbocycles. The normalized spacial score (nSPS) is 16.3. The van der Waals surface area contributed by atoms with Gasteiger partial charge in [0, 0.05) is 5.02 Å². The monoisotopic (exact) mass is 325 g/mol. The Balaban J connectivity index is 1.84. The Kier molecular flexibility index (Phi) is 4.40. The van der Waals surface area contributed by atoms with Crippen molar-refractivity contribution in [2.24, 2.45) is 0 Å². The van der Waals surface area contributed by atoms with Crippen LogP contribution in [0.4, 0.5) is 0 Å². The Hall–Kier alpha value is -1.21. The van der Waals surface area contributed by atoms with E-state index in [0.717, 1.165) is 49.2 Å². The van der Waals surface area contributed by atoms with E-state index in [2.05, 4.69) is 5.10 Å². The maximum Gasteiger partial charge on any atom is 0.207 e. The predicted molar refractivity (Wildman–Crippen MR) is 83.7 cm³/mol. The molecular weight excluding hydrogens is 308 g/mol. The van der Waals surface area contributed by atoms with Gasteiger partial charge in [-0.25, -0.2) is 0 Å². The quantitative estimate of drug-likeness (QED) is 0.863. The summed E-state index contributed by atoms with van der Waals surface area (Å²) in [5.41, 5.74) is 2.00. The van der Waals surface area contributed by atoms with Gasteiger partial charge in [-0.15, -0.1) is 0 Å². The number of hydrogen-bond acceptors (Lipinski definition) is 3. The number of nitrogens with zero attached hydrogens (tertiary/aromatic N) is 3. The summed E-state index contributed by atoms with van der Waals surface area (Å²) in [4.78, 5) is 1.43. The fourth-order valence-corrected chi connectivity index (χ4v) is 2.82. The highest BCUT2D eigenvalue weighted by atomic mass is 35.5. The zero-order chi connectivity index (χ0) is 14.8. The Bertz CT molecular complexity index is 691. The van der Waals surface area contributed by atoms with Gasteiger partial charge in [0.15, 0.2) is 6.67 Å². The summed E-state index contributed by atoms with van der Waals surface area (Å²) in [6.07, 6.45) is 1.75. The maximum atomic E-state index is 6.19. The SMILES string of the molecule is Cc1ccc(-n2cnn(C[NH+]3CCOCC3)c2=S)cc1Cl. The number of benzene rings is 1. The molecular formula is C14H18ClN4OS+. The minimum Gasteiger partial charge on any atom is -0.370 e. The second-order valence-electron chi connectivity index (χ2n) is 5.24. The van der Waals surface area contributed by atoms with E-state index < -0.39 is 0 Å². The molecule has 0 aliphatic carbocycles. The first-order chi connectivity index (χ1) is 10.1. The smallest absolute Gasteiger partial charge is 0.207 e. The zero-order valence-corrected chi connectivity index (χ0v) is 13.5. The van der Waals surface area contributed by atoms with Gasteiger partial charge in [0.05, 0.1) is 18.9 Å². The Labute approximate surface area is 133 Å². The van der Waals surface area contributed by atoms with Crippen molar-refractivity contribution in [3.63, 3.8) is 0 Å². The Morgan fingerprint density at radius 3 is 2.86 bits per heavy atom. The van der Waals surface area contributed by atoms with E-state index in [0.29, 0.717) is 4.77 Å². The molecule has 1 N–H and O–H groups in total. The van der Waals surface area contributed by atoms with Crippen LogP contribution in [0, 0.1) is 11.7 Å². The van der Waals surface area contributed by atoms with Crippen molar-refractivity contribution in [2.45, 2.75) is 13.6 Å². The van der Waals surface area contributed by atoms with Crippen LogP contribution in [0.2, 0.25) is 5.02 Å². The lowest BCUT2D eigenvalue weighted by Gasteiger charge is -2.23. The van der Waals surface area contributed by atoms with Gasteiger partial charge in [-0.1, -0.05) is 17.7 Å². The van der Waals surface area contributed by atoms with E-state index in [1.807, 2.05) is 34.4 Å². The minimum absolute atomic E-state index is 0.689. The van der Waals surface area contributed by atoms with Crippen LogP contribution >= 0.6 is 23.8 Å². The van der Waals surface area contributed by atoms with Crippen molar-refractivity contribution >= 4 is 23.8 Å². The van der Waals surface area contributed by atoms with Crippen molar-refractivity contribution < 1.29 is 9.64 Å². The highest BCUT2D eigenvalue weighted by Gasteiger charge is 2.16. The lowest BCUT2D eigenvalue weighted by molar-refractivity contribution is -0.930. The summed E-state index contributed by atoms with van der Waals surface area (Å²) in [6, 6.07) is 5.91. The van der Waals surface area contributed by atoms with Gasteiger partial charge < -0.3 is 9.64 Å². The third kappa shape index (κ3) is 3.18. The largest absolute Gasteiger partial charge is 0.370 e. The molecule has 0 unspecified atom stereocenters. The van der Waals surface area contributed by atoms with Crippen LogP contribution in [-0.4, -0.2) is 40.7 Å². The van der Waals surface area contributed by atoms with E-state index in [4.69, 9.17) is 28.6 Å². The molecule has 5 nitrogen and oxygen atoms in total. The average Bonchev–Trinajstić information content (AvgIpc) is 2.84. The minimum atomic E-state index is 0.689. The third-order valence-electron chi connectivity index (χ3n) is 3.74. The zero-order valence-electron chi connectivity index (χ0n) is 11.9. The van der Waals surface area contributed by atoms with Crippen molar-refractivity contribution in [1.29, 1.82) is 0 Å². The van der Waals surface area contributed by atoms with Crippen LogP contribution in [0.15, 0.2) is 24.5 Å². The van der Waals surface area contributed by atoms with E-state index in [-0.39, 0.29) is 0 Å². The van der Waals surface area contributed by atoms with E-state index in [9.17, 15) is 0 Å². The number of quaternary nitrogens is 1. The fourth-order valence-electron chi connectivity index (χ4n) is 2.38. The van der Waals surface area contributed by atoms with E-state index in [1.54, 1.807) is 6.33 Å².